The highest BCUT2D eigenvalue weighted by Gasteiger charge is 2.13. The predicted octanol–water partition coefficient (Wildman–Crippen LogP) is 3.48. The van der Waals surface area contributed by atoms with Crippen molar-refractivity contribution in [3.63, 3.8) is 0 Å². The van der Waals surface area contributed by atoms with Gasteiger partial charge in [0.05, 0.1) is 13.2 Å². The van der Waals surface area contributed by atoms with Crippen molar-refractivity contribution >= 4 is 17.5 Å². The molecule has 0 aliphatic carbocycles. The second kappa shape index (κ2) is 9.38. The molecular formula is C20H20N2O5S. The summed E-state index contributed by atoms with van der Waals surface area (Å²) in [7, 11) is 1.60. The molecule has 3 rings (SSSR count). The van der Waals surface area contributed by atoms with Gasteiger partial charge in [-0.25, -0.2) is 0 Å². The van der Waals surface area contributed by atoms with Crippen molar-refractivity contribution < 1.29 is 23.8 Å². The Bertz CT molecular complexity index is 926. The van der Waals surface area contributed by atoms with Gasteiger partial charge in [-0.3, -0.25) is 4.79 Å². The van der Waals surface area contributed by atoms with Crippen molar-refractivity contribution in [2.24, 2.45) is 0 Å². The normalized spacial score (nSPS) is 11.8. The van der Waals surface area contributed by atoms with E-state index in [-0.39, 0.29) is 12.4 Å². The minimum absolute atomic E-state index is 0.0365. The van der Waals surface area contributed by atoms with Crippen molar-refractivity contribution in [3.05, 3.63) is 54.1 Å². The standard InChI is InChI=1S/C20H20N2O5S/c1-13(23)15-4-3-5-18(10-15)26-11-16(24)12-28-20-22-21-19(27-20)14-6-8-17(25-2)9-7-14/h3-10,16,24H,11-12H2,1-2H3/t16-/m1/s1. The summed E-state index contributed by atoms with van der Waals surface area (Å²) >= 11 is 1.25. The fraction of sp³-hybridized carbons (Fsp3) is 0.250. The maximum absolute atomic E-state index is 11.4. The number of benzene rings is 2. The number of carbonyl (C=O) groups is 1. The molecule has 3 aromatic rings. The zero-order valence-corrected chi connectivity index (χ0v) is 16.3. The summed E-state index contributed by atoms with van der Waals surface area (Å²) in [5, 5.41) is 18.5. The third-order valence-corrected chi connectivity index (χ3v) is 4.79. The highest BCUT2D eigenvalue weighted by atomic mass is 32.2. The number of ether oxygens (including phenoxy) is 2. The molecule has 0 bridgehead atoms. The molecule has 0 unspecified atom stereocenters. The van der Waals surface area contributed by atoms with Crippen LogP contribution in [-0.2, 0) is 0 Å². The summed E-state index contributed by atoms with van der Waals surface area (Å²) in [6, 6.07) is 14.1. The molecule has 7 nitrogen and oxygen atoms in total. The lowest BCUT2D eigenvalue weighted by atomic mass is 10.1. The highest BCUT2D eigenvalue weighted by Crippen LogP contribution is 2.25. The summed E-state index contributed by atoms with van der Waals surface area (Å²) in [4.78, 5) is 11.4. The maximum Gasteiger partial charge on any atom is 0.276 e. The Kier molecular flexibility index (Phi) is 6.67. The van der Waals surface area contributed by atoms with Crippen LogP contribution in [0.2, 0.25) is 0 Å². The summed E-state index contributed by atoms with van der Waals surface area (Å²) in [6.07, 6.45) is -0.734. The van der Waals surface area contributed by atoms with E-state index < -0.39 is 6.10 Å². The summed E-state index contributed by atoms with van der Waals surface area (Å²) in [5.41, 5.74) is 1.35. The number of nitrogens with zero attached hydrogens (tertiary/aromatic N) is 2. The second-order valence-corrected chi connectivity index (χ2v) is 6.93. The van der Waals surface area contributed by atoms with Gasteiger partial charge in [-0.05, 0) is 43.3 Å². The molecule has 0 saturated carbocycles. The Morgan fingerprint density at radius 2 is 1.96 bits per heavy atom. The van der Waals surface area contributed by atoms with Crippen molar-refractivity contribution in [1.82, 2.24) is 10.2 Å². The first-order valence-corrected chi connectivity index (χ1v) is 9.56. The van der Waals surface area contributed by atoms with Crippen molar-refractivity contribution in [3.8, 4) is 23.0 Å². The minimum Gasteiger partial charge on any atom is -0.497 e. The quantitative estimate of drug-likeness (QED) is 0.431. The van der Waals surface area contributed by atoms with Gasteiger partial charge >= 0.3 is 0 Å². The first kappa shape index (κ1) is 19.9. The molecule has 0 fully saturated rings. The molecule has 8 heteroatoms. The largest absolute Gasteiger partial charge is 0.497 e. The van der Waals surface area contributed by atoms with Crippen LogP contribution in [0.15, 0.2) is 58.2 Å². The molecule has 1 N–H and O–H groups in total. The number of hydrogen-bond donors (Lipinski definition) is 1. The van der Waals surface area contributed by atoms with Crippen molar-refractivity contribution in [2.75, 3.05) is 19.5 Å². The van der Waals surface area contributed by atoms with Crippen LogP contribution in [0.3, 0.4) is 0 Å². The summed E-state index contributed by atoms with van der Waals surface area (Å²) < 4.78 is 16.3. The molecule has 0 aliphatic rings. The number of thioether (sulfide) groups is 1. The van der Waals surface area contributed by atoms with Gasteiger partial charge in [0.1, 0.15) is 18.1 Å². The van der Waals surface area contributed by atoms with Gasteiger partial charge in [-0.2, -0.15) is 0 Å². The molecule has 2 aromatic carbocycles. The summed E-state index contributed by atoms with van der Waals surface area (Å²) in [5.74, 6) is 1.98. The van der Waals surface area contributed by atoms with Crippen LogP contribution >= 0.6 is 11.8 Å². The van der Waals surface area contributed by atoms with E-state index in [0.717, 1.165) is 11.3 Å². The molecule has 28 heavy (non-hydrogen) atoms. The van der Waals surface area contributed by atoms with E-state index in [1.807, 2.05) is 24.3 Å². The van der Waals surface area contributed by atoms with Crippen molar-refractivity contribution in [2.45, 2.75) is 18.3 Å². The average molecular weight is 400 g/mol. The minimum atomic E-state index is -0.734. The first-order chi connectivity index (χ1) is 13.5. The van der Waals surface area contributed by atoms with E-state index in [2.05, 4.69) is 10.2 Å². The van der Waals surface area contributed by atoms with Crippen LogP contribution in [0.25, 0.3) is 11.5 Å². The number of Topliss-reactive ketones (excluding diaryl/α,β-unsaturated/α-hetero) is 1. The Morgan fingerprint density at radius 1 is 1.18 bits per heavy atom. The Hall–Kier alpha value is -2.84. The van der Waals surface area contributed by atoms with Gasteiger partial charge in [-0.15, -0.1) is 10.2 Å². The van der Waals surface area contributed by atoms with E-state index in [1.165, 1.54) is 18.7 Å². The lowest BCUT2D eigenvalue weighted by Crippen LogP contribution is -2.20. The Balaban J connectivity index is 1.49. The zero-order valence-electron chi connectivity index (χ0n) is 15.5. The molecule has 1 heterocycles. The van der Waals surface area contributed by atoms with E-state index >= 15 is 0 Å². The number of ketones is 1. The van der Waals surface area contributed by atoms with Crippen LogP contribution in [-0.4, -0.2) is 46.7 Å². The van der Waals surface area contributed by atoms with Gasteiger partial charge in [0.15, 0.2) is 5.78 Å². The molecule has 0 radical (unpaired) electrons. The third kappa shape index (κ3) is 5.34. The fourth-order valence-electron chi connectivity index (χ4n) is 2.33. The molecule has 1 aromatic heterocycles. The van der Waals surface area contributed by atoms with Gasteiger partial charge in [-0.1, -0.05) is 23.9 Å². The lowest BCUT2D eigenvalue weighted by molar-refractivity contribution is 0.101. The molecule has 146 valence electrons. The van der Waals surface area contributed by atoms with E-state index in [9.17, 15) is 9.90 Å². The van der Waals surface area contributed by atoms with Crippen molar-refractivity contribution in [1.29, 1.82) is 0 Å². The molecule has 0 saturated heterocycles. The molecule has 0 aliphatic heterocycles. The van der Waals surface area contributed by atoms with Crippen LogP contribution < -0.4 is 9.47 Å². The van der Waals surface area contributed by atoms with E-state index in [0.29, 0.717) is 28.2 Å². The SMILES string of the molecule is COc1ccc(-c2nnc(SC[C@H](O)COc3cccc(C(C)=O)c3)o2)cc1. The third-order valence-electron chi connectivity index (χ3n) is 3.83. The van der Waals surface area contributed by atoms with Gasteiger partial charge in [0.2, 0.25) is 5.89 Å². The van der Waals surface area contributed by atoms with Crippen LogP contribution in [0, 0.1) is 0 Å². The Labute approximate surface area is 166 Å². The number of carbonyl (C=O) groups excluding carboxylic acids is 1. The number of rotatable bonds is 9. The smallest absolute Gasteiger partial charge is 0.276 e. The number of aromatic nitrogens is 2. The number of aliphatic hydroxyl groups excluding tert-OH is 1. The number of hydrogen-bond acceptors (Lipinski definition) is 8. The summed E-state index contributed by atoms with van der Waals surface area (Å²) in [6.45, 7) is 1.59. The Morgan fingerprint density at radius 3 is 2.68 bits per heavy atom. The average Bonchev–Trinajstić information content (AvgIpc) is 3.20. The molecule has 0 spiro atoms. The van der Waals surface area contributed by atoms with Gasteiger partial charge < -0.3 is 19.0 Å². The van der Waals surface area contributed by atoms with Gasteiger partial charge in [0, 0.05) is 16.9 Å². The topological polar surface area (TPSA) is 94.7 Å². The van der Waals surface area contributed by atoms with E-state index in [1.54, 1.807) is 31.4 Å². The van der Waals surface area contributed by atoms with Crippen LogP contribution in [0.4, 0.5) is 0 Å². The molecular weight excluding hydrogens is 380 g/mol. The number of methoxy groups -OCH3 is 1. The maximum atomic E-state index is 11.4. The lowest BCUT2D eigenvalue weighted by Gasteiger charge is -2.11. The number of aliphatic hydroxyl groups is 1. The van der Waals surface area contributed by atoms with Crippen LogP contribution in [0.5, 0.6) is 11.5 Å². The molecule has 0 amide bonds. The second-order valence-electron chi connectivity index (χ2n) is 5.96. The molecule has 1 atom stereocenters. The van der Waals surface area contributed by atoms with Gasteiger partial charge in [0.25, 0.3) is 5.22 Å². The predicted molar refractivity (Wildman–Crippen MR) is 105 cm³/mol. The zero-order chi connectivity index (χ0) is 19.9. The van der Waals surface area contributed by atoms with Crippen LogP contribution in [0.1, 0.15) is 17.3 Å². The van der Waals surface area contributed by atoms with E-state index in [4.69, 9.17) is 13.9 Å². The first-order valence-electron chi connectivity index (χ1n) is 8.57. The fourth-order valence-corrected chi connectivity index (χ4v) is 3.00. The monoisotopic (exact) mass is 400 g/mol. The highest BCUT2D eigenvalue weighted by molar-refractivity contribution is 7.99.